The monoisotopic (exact) mass is 218 g/mol. The van der Waals surface area contributed by atoms with E-state index in [0.29, 0.717) is 6.10 Å². The predicted octanol–water partition coefficient (Wildman–Crippen LogP) is 0.660. The predicted molar refractivity (Wildman–Crippen MR) is 63.1 cm³/mol. The Morgan fingerprint density at radius 2 is 2.43 bits per heavy atom. The van der Waals surface area contributed by atoms with Gasteiger partial charge < -0.3 is 15.0 Å². The molecule has 1 aliphatic rings. The zero-order chi connectivity index (χ0) is 10.2. The van der Waals surface area contributed by atoms with Crippen molar-refractivity contribution < 1.29 is 4.74 Å². The Kier molecular flexibility index (Phi) is 6.60. The Labute approximate surface area is 91.6 Å². The third-order valence-corrected chi connectivity index (χ3v) is 3.22. The van der Waals surface area contributed by atoms with Crippen LogP contribution in [0, 0.1) is 0 Å². The molecule has 0 bridgehead atoms. The van der Waals surface area contributed by atoms with Crippen LogP contribution in [0.25, 0.3) is 0 Å². The van der Waals surface area contributed by atoms with Crippen LogP contribution in [0.4, 0.5) is 0 Å². The van der Waals surface area contributed by atoms with Gasteiger partial charge in [-0.1, -0.05) is 6.92 Å². The number of hydrogen-bond acceptors (Lipinski definition) is 4. The van der Waals surface area contributed by atoms with Gasteiger partial charge in [0.1, 0.15) is 0 Å². The highest BCUT2D eigenvalue weighted by Crippen LogP contribution is 2.02. The molecule has 4 heteroatoms. The average molecular weight is 218 g/mol. The molecule has 1 N–H and O–H groups in total. The molecule has 14 heavy (non-hydrogen) atoms. The lowest BCUT2D eigenvalue weighted by molar-refractivity contribution is 0.0111. The normalized spacial score (nSPS) is 22.9. The zero-order valence-corrected chi connectivity index (χ0v) is 10.1. The molecule has 1 unspecified atom stereocenters. The van der Waals surface area contributed by atoms with Crippen LogP contribution < -0.4 is 5.32 Å². The first kappa shape index (κ1) is 12.3. The summed E-state index contributed by atoms with van der Waals surface area (Å²) in [6.45, 7) is 7.30. The first-order valence-corrected chi connectivity index (χ1v) is 6.57. The largest absolute Gasteiger partial charge is 0.374 e. The van der Waals surface area contributed by atoms with Crippen molar-refractivity contribution in [3.8, 4) is 0 Å². The van der Waals surface area contributed by atoms with Crippen molar-refractivity contribution in [2.45, 2.75) is 13.0 Å². The molecule has 1 atom stereocenters. The van der Waals surface area contributed by atoms with E-state index in [0.717, 1.165) is 26.2 Å². The van der Waals surface area contributed by atoms with Crippen molar-refractivity contribution >= 4 is 11.8 Å². The minimum Gasteiger partial charge on any atom is -0.374 e. The van der Waals surface area contributed by atoms with Crippen molar-refractivity contribution in [2.24, 2.45) is 0 Å². The second-order valence-corrected chi connectivity index (χ2v) is 5.05. The first-order chi connectivity index (χ1) is 6.83. The minimum absolute atomic E-state index is 0.389. The quantitative estimate of drug-likeness (QED) is 0.662. The third-order valence-electron chi connectivity index (χ3n) is 2.34. The average Bonchev–Trinajstić information content (AvgIpc) is 2.20. The lowest BCUT2D eigenvalue weighted by atomic mass is 10.3. The van der Waals surface area contributed by atoms with E-state index >= 15 is 0 Å². The molecule has 3 nitrogen and oxygen atoms in total. The van der Waals surface area contributed by atoms with Crippen molar-refractivity contribution in [2.75, 3.05) is 51.3 Å². The summed E-state index contributed by atoms with van der Waals surface area (Å²) in [5.74, 6) is 2.45. The van der Waals surface area contributed by atoms with Crippen LogP contribution in [0.5, 0.6) is 0 Å². The molecule has 1 fully saturated rings. The van der Waals surface area contributed by atoms with Gasteiger partial charge in [-0.2, -0.15) is 11.8 Å². The summed E-state index contributed by atoms with van der Waals surface area (Å²) < 4.78 is 5.64. The number of morpholine rings is 1. The fourth-order valence-electron chi connectivity index (χ4n) is 1.54. The second kappa shape index (κ2) is 7.51. The summed E-state index contributed by atoms with van der Waals surface area (Å²) >= 11 is 2.00. The lowest BCUT2D eigenvalue weighted by Gasteiger charge is -2.27. The fourth-order valence-corrected chi connectivity index (χ4v) is 2.27. The van der Waals surface area contributed by atoms with Crippen LogP contribution in [-0.2, 0) is 4.74 Å². The van der Waals surface area contributed by atoms with Gasteiger partial charge in [-0.05, 0) is 12.8 Å². The molecular weight excluding hydrogens is 196 g/mol. The maximum atomic E-state index is 5.64. The number of thioether (sulfide) groups is 1. The molecule has 0 aromatic carbocycles. The summed E-state index contributed by atoms with van der Waals surface area (Å²) in [5, 5.41) is 3.35. The molecule has 0 radical (unpaired) electrons. The Balaban J connectivity index is 2.03. The van der Waals surface area contributed by atoms with E-state index < -0.39 is 0 Å². The maximum Gasteiger partial charge on any atom is 0.0826 e. The summed E-state index contributed by atoms with van der Waals surface area (Å²) in [5.41, 5.74) is 0. The van der Waals surface area contributed by atoms with Crippen LogP contribution in [0.2, 0.25) is 0 Å². The molecule has 1 heterocycles. The van der Waals surface area contributed by atoms with Gasteiger partial charge in [0.25, 0.3) is 0 Å². The van der Waals surface area contributed by atoms with Crippen LogP contribution >= 0.6 is 11.8 Å². The van der Waals surface area contributed by atoms with E-state index in [1.54, 1.807) is 0 Å². The van der Waals surface area contributed by atoms with Gasteiger partial charge in [0.2, 0.25) is 0 Å². The van der Waals surface area contributed by atoms with Gasteiger partial charge in [-0.25, -0.2) is 0 Å². The van der Waals surface area contributed by atoms with Gasteiger partial charge >= 0.3 is 0 Å². The lowest BCUT2D eigenvalue weighted by Crippen LogP contribution is -2.44. The first-order valence-electron chi connectivity index (χ1n) is 5.41. The van der Waals surface area contributed by atoms with Gasteiger partial charge in [0.15, 0.2) is 0 Å². The molecular formula is C10H22N2OS. The third kappa shape index (κ3) is 5.20. The van der Waals surface area contributed by atoms with E-state index in [1.165, 1.54) is 18.1 Å². The van der Waals surface area contributed by atoms with Gasteiger partial charge in [0.05, 0.1) is 12.7 Å². The molecule has 1 saturated heterocycles. The van der Waals surface area contributed by atoms with Crippen LogP contribution in [0.1, 0.15) is 6.92 Å². The molecule has 0 aromatic rings. The number of likely N-dealkylation sites (N-methyl/N-ethyl adjacent to an activating group) is 1. The smallest absolute Gasteiger partial charge is 0.0826 e. The van der Waals surface area contributed by atoms with Crippen LogP contribution in [0.15, 0.2) is 0 Å². The highest BCUT2D eigenvalue weighted by molar-refractivity contribution is 7.99. The van der Waals surface area contributed by atoms with Crippen LogP contribution in [0.3, 0.4) is 0 Å². The second-order valence-electron chi connectivity index (χ2n) is 3.66. The zero-order valence-electron chi connectivity index (χ0n) is 9.29. The minimum atomic E-state index is 0.389. The van der Waals surface area contributed by atoms with E-state index in [1.807, 2.05) is 11.8 Å². The number of hydrogen-bond donors (Lipinski definition) is 1. The standard InChI is InChI=1S/C10H22N2OS/c1-3-14-7-5-12(2)9-10-8-11-4-6-13-10/h10-11H,3-9H2,1-2H3. The Hall–Kier alpha value is 0.230. The van der Waals surface area contributed by atoms with Crippen molar-refractivity contribution in [1.29, 1.82) is 0 Å². The van der Waals surface area contributed by atoms with Crippen molar-refractivity contribution in [3.63, 3.8) is 0 Å². The van der Waals surface area contributed by atoms with E-state index in [2.05, 4.69) is 24.2 Å². The fraction of sp³-hybridized carbons (Fsp3) is 1.00. The number of nitrogens with one attached hydrogen (secondary N) is 1. The van der Waals surface area contributed by atoms with Crippen LogP contribution in [-0.4, -0.2) is 62.3 Å². The molecule has 0 amide bonds. The highest BCUT2D eigenvalue weighted by atomic mass is 32.2. The molecule has 0 aromatic heterocycles. The molecule has 0 aliphatic carbocycles. The van der Waals surface area contributed by atoms with Gasteiger partial charge in [-0.15, -0.1) is 0 Å². The topological polar surface area (TPSA) is 24.5 Å². The highest BCUT2D eigenvalue weighted by Gasteiger charge is 2.14. The SMILES string of the molecule is CCSCCN(C)CC1CNCCO1. The van der Waals surface area contributed by atoms with Crippen molar-refractivity contribution in [1.82, 2.24) is 10.2 Å². The van der Waals surface area contributed by atoms with E-state index in [4.69, 9.17) is 4.74 Å². The Bertz CT molecular complexity index is 140. The van der Waals surface area contributed by atoms with Crippen molar-refractivity contribution in [3.05, 3.63) is 0 Å². The van der Waals surface area contributed by atoms with E-state index in [9.17, 15) is 0 Å². The number of nitrogens with zero attached hydrogens (tertiary/aromatic N) is 1. The van der Waals surface area contributed by atoms with Gasteiger partial charge in [0, 0.05) is 31.9 Å². The number of rotatable bonds is 6. The molecule has 84 valence electrons. The maximum absolute atomic E-state index is 5.64. The molecule has 0 saturated carbocycles. The molecule has 1 aliphatic heterocycles. The molecule has 0 spiro atoms. The Morgan fingerprint density at radius 1 is 1.57 bits per heavy atom. The summed E-state index contributed by atoms with van der Waals surface area (Å²) in [6.07, 6.45) is 0.389. The number of ether oxygens (including phenoxy) is 1. The van der Waals surface area contributed by atoms with E-state index in [-0.39, 0.29) is 0 Å². The summed E-state index contributed by atoms with van der Waals surface area (Å²) in [6, 6.07) is 0. The summed E-state index contributed by atoms with van der Waals surface area (Å²) in [7, 11) is 2.17. The molecule has 1 rings (SSSR count). The Morgan fingerprint density at radius 3 is 3.07 bits per heavy atom. The van der Waals surface area contributed by atoms with Gasteiger partial charge in [-0.3, -0.25) is 0 Å². The summed E-state index contributed by atoms with van der Waals surface area (Å²) in [4.78, 5) is 2.36.